The third-order valence-corrected chi connectivity index (χ3v) is 6.21. The van der Waals surface area contributed by atoms with Crippen LogP contribution in [0.5, 0.6) is 0 Å². The van der Waals surface area contributed by atoms with Gasteiger partial charge in [0.25, 0.3) is 0 Å². The van der Waals surface area contributed by atoms with Crippen molar-refractivity contribution in [2.45, 2.75) is 63.9 Å². The van der Waals surface area contributed by atoms with E-state index < -0.39 is 6.10 Å². The highest BCUT2D eigenvalue weighted by Gasteiger charge is 2.36. The zero-order chi connectivity index (χ0) is 22.1. The van der Waals surface area contributed by atoms with Crippen molar-refractivity contribution in [3.05, 3.63) is 71.8 Å². The van der Waals surface area contributed by atoms with E-state index in [1.807, 2.05) is 12.1 Å². The minimum Gasteiger partial charge on any atom is -0.468 e. The molecule has 1 fully saturated rings. The molecule has 5 nitrogen and oxygen atoms in total. The molecule has 1 heterocycles. The normalized spacial score (nSPS) is 18.8. The van der Waals surface area contributed by atoms with Crippen LogP contribution < -0.4 is 0 Å². The molecule has 168 valence electrons. The maximum absolute atomic E-state index is 12.3. The number of aliphatic hydroxyl groups excluding tert-OH is 1. The molecule has 2 aromatic carbocycles. The van der Waals surface area contributed by atoms with Gasteiger partial charge in [-0.1, -0.05) is 74.0 Å². The molecule has 0 radical (unpaired) electrons. The average Bonchev–Trinajstić information content (AvgIpc) is 3.26. The van der Waals surface area contributed by atoms with Gasteiger partial charge in [0.05, 0.1) is 13.2 Å². The SMILES string of the molecule is CCC[C@H](O)[C@@H](CN1CCC[C@H]1C(=O)OC)N(Cc1ccccc1)Cc1ccccc1. The van der Waals surface area contributed by atoms with E-state index in [2.05, 4.69) is 65.3 Å². The standard InChI is InChI=1S/C26H36N2O3/c1-3-11-25(29)24(20-27-17-10-16-23(27)26(30)31-2)28(18-21-12-6-4-7-13-21)19-22-14-8-5-9-15-22/h4-9,12-15,23-25,29H,3,10-11,16-20H2,1-2H3/t23-,24+,25-/m0/s1. The van der Waals surface area contributed by atoms with Crippen LogP contribution in [-0.2, 0) is 22.6 Å². The Kier molecular flexibility index (Phi) is 9.07. The number of hydrogen-bond acceptors (Lipinski definition) is 5. The van der Waals surface area contributed by atoms with Crippen LogP contribution in [0.4, 0.5) is 0 Å². The van der Waals surface area contributed by atoms with Crippen LogP contribution in [0.15, 0.2) is 60.7 Å². The number of aliphatic hydroxyl groups is 1. The molecule has 1 aliphatic heterocycles. The zero-order valence-corrected chi connectivity index (χ0v) is 18.8. The largest absolute Gasteiger partial charge is 0.468 e. The molecule has 0 amide bonds. The summed E-state index contributed by atoms with van der Waals surface area (Å²) in [5.74, 6) is -0.168. The summed E-state index contributed by atoms with van der Waals surface area (Å²) in [5.41, 5.74) is 2.44. The maximum Gasteiger partial charge on any atom is 0.323 e. The Balaban J connectivity index is 1.87. The average molecular weight is 425 g/mol. The third kappa shape index (κ3) is 6.63. The molecule has 0 aliphatic carbocycles. The number of esters is 1. The summed E-state index contributed by atoms with van der Waals surface area (Å²) >= 11 is 0. The zero-order valence-electron chi connectivity index (χ0n) is 18.8. The number of nitrogens with zero attached hydrogens (tertiary/aromatic N) is 2. The van der Waals surface area contributed by atoms with E-state index in [0.29, 0.717) is 6.54 Å². The van der Waals surface area contributed by atoms with Crippen molar-refractivity contribution in [3.63, 3.8) is 0 Å². The summed E-state index contributed by atoms with van der Waals surface area (Å²) in [6, 6.07) is 20.5. The third-order valence-electron chi connectivity index (χ3n) is 6.21. The van der Waals surface area contributed by atoms with Crippen LogP contribution in [0.25, 0.3) is 0 Å². The fourth-order valence-corrected chi connectivity index (χ4v) is 4.58. The molecule has 1 saturated heterocycles. The van der Waals surface area contributed by atoms with Gasteiger partial charge in [0.1, 0.15) is 6.04 Å². The monoisotopic (exact) mass is 424 g/mol. The van der Waals surface area contributed by atoms with Crippen LogP contribution in [0.2, 0.25) is 0 Å². The molecule has 1 N–H and O–H groups in total. The number of hydrogen-bond donors (Lipinski definition) is 1. The van der Waals surface area contributed by atoms with Crippen molar-refractivity contribution in [2.75, 3.05) is 20.2 Å². The van der Waals surface area contributed by atoms with E-state index in [4.69, 9.17) is 4.74 Å². The first kappa shape index (κ1) is 23.5. The van der Waals surface area contributed by atoms with Crippen LogP contribution >= 0.6 is 0 Å². The quantitative estimate of drug-likeness (QED) is 0.555. The number of methoxy groups -OCH3 is 1. The fraction of sp³-hybridized carbons (Fsp3) is 0.500. The Labute approximate surface area is 186 Å². The first-order chi connectivity index (χ1) is 15.1. The Hall–Kier alpha value is -2.21. The second-order valence-corrected chi connectivity index (χ2v) is 8.48. The molecule has 1 aliphatic rings. The molecular weight excluding hydrogens is 388 g/mol. The molecule has 0 saturated carbocycles. The van der Waals surface area contributed by atoms with Gasteiger partial charge in [-0.05, 0) is 36.9 Å². The predicted octanol–water partition coefficient (Wildman–Crippen LogP) is 3.86. The van der Waals surface area contributed by atoms with Crippen molar-refractivity contribution in [1.82, 2.24) is 9.80 Å². The van der Waals surface area contributed by atoms with Gasteiger partial charge in [-0.2, -0.15) is 0 Å². The highest BCUT2D eigenvalue weighted by Crippen LogP contribution is 2.24. The lowest BCUT2D eigenvalue weighted by atomic mass is 10.0. The molecule has 3 atom stereocenters. The van der Waals surface area contributed by atoms with Gasteiger partial charge >= 0.3 is 5.97 Å². The minimum atomic E-state index is -0.462. The highest BCUT2D eigenvalue weighted by molar-refractivity contribution is 5.76. The first-order valence-electron chi connectivity index (χ1n) is 11.4. The van der Waals surface area contributed by atoms with Crippen molar-refractivity contribution >= 4 is 5.97 Å². The summed E-state index contributed by atoms with van der Waals surface area (Å²) in [7, 11) is 1.46. The van der Waals surface area contributed by atoms with E-state index in [-0.39, 0.29) is 18.1 Å². The Morgan fingerprint density at radius 1 is 1.10 bits per heavy atom. The first-order valence-corrected chi connectivity index (χ1v) is 11.4. The van der Waals surface area contributed by atoms with E-state index in [1.165, 1.54) is 18.2 Å². The lowest BCUT2D eigenvalue weighted by molar-refractivity contribution is -0.146. The highest BCUT2D eigenvalue weighted by atomic mass is 16.5. The van der Waals surface area contributed by atoms with E-state index >= 15 is 0 Å². The summed E-state index contributed by atoms with van der Waals surface area (Å²) < 4.78 is 5.05. The van der Waals surface area contributed by atoms with Gasteiger partial charge in [0.2, 0.25) is 0 Å². The second-order valence-electron chi connectivity index (χ2n) is 8.48. The molecule has 2 aromatic rings. The minimum absolute atomic E-state index is 0.0781. The number of rotatable bonds is 11. The van der Waals surface area contributed by atoms with Gasteiger partial charge in [0.15, 0.2) is 0 Å². The fourth-order valence-electron chi connectivity index (χ4n) is 4.58. The second kappa shape index (κ2) is 12.0. The number of carbonyl (C=O) groups is 1. The molecule has 0 unspecified atom stereocenters. The lowest BCUT2D eigenvalue weighted by Gasteiger charge is -2.38. The van der Waals surface area contributed by atoms with Crippen molar-refractivity contribution < 1.29 is 14.6 Å². The van der Waals surface area contributed by atoms with Crippen LogP contribution in [0.1, 0.15) is 43.7 Å². The lowest BCUT2D eigenvalue weighted by Crippen LogP contribution is -2.52. The summed E-state index contributed by atoms with van der Waals surface area (Å²) in [6.45, 7) is 5.11. The predicted molar refractivity (Wildman–Crippen MR) is 123 cm³/mol. The Morgan fingerprint density at radius 3 is 2.19 bits per heavy atom. The smallest absolute Gasteiger partial charge is 0.323 e. The van der Waals surface area contributed by atoms with E-state index in [0.717, 1.165) is 45.3 Å². The van der Waals surface area contributed by atoms with Crippen molar-refractivity contribution in [2.24, 2.45) is 0 Å². The number of carbonyl (C=O) groups excluding carboxylic acids is 1. The molecule has 3 rings (SSSR count). The number of benzene rings is 2. The van der Waals surface area contributed by atoms with Crippen molar-refractivity contribution in [3.8, 4) is 0 Å². The van der Waals surface area contributed by atoms with Crippen molar-refractivity contribution in [1.29, 1.82) is 0 Å². The van der Waals surface area contributed by atoms with E-state index in [1.54, 1.807) is 0 Å². The topological polar surface area (TPSA) is 53.0 Å². The summed E-state index contributed by atoms with van der Waals surface area (Å²) in [6.07, 6.45) is 3.00. The molecule has 31 heavy (non-hydrogen) atoms. The number of likely N-dealkylation sites (tertiary alicyclic amines) is 1. The number of ether oxygens (including phenoxy) is 1. The van der Waals surface area contributed by atoms with Gasteiger partial charge < -0.3 is 9.84 Å². The Morgan fingerprint density at radius 2 is 1.68 bits per heavy atom. The van der Waals surface area contributed by atoms with Crippen LogP contribution in [0.3, 0.4) is 0 Å². The van der Waals surface area contributed by atoms with E-state index in [9.17, 15) is 9.90 Å². The van der Waals surface area contributed by atoms with Gasteiger partial charge in [0, 0.05) is 25.7 Å². The van der Waals surface area contributed by atoms with Gasteiger partial charge in [-0.15, -0.1) is 0 Å². The molecule has 0 bridgehead atoms. The molecule has 0 spiro atoms. The molecule has 5 heteroatoms. The Bertz CT molecular complexity index is 742. The van der Waals surface area contributed by atoms with Gasteiger partial charge in [-0.25, -0.2) is 0 Å². The molecule has 0 aromatic heterocycles. The molecular formula is C26H36N2O3. The van der Waals surface area contributed by atoms with Gasteiger partial charge in [-0.3, -0.25) is 14.6 Å². The van der Waals surface area contributed by atoms with Crippen LogP contribution in [-0.4, -0.2) is 59.3 Å². The maximum atomic E-state index is 12.3. The van der Waals surface area contributed by atoms with Crippen LogP contribution in [0, 0.1) is 0 Å². The summed E-state index contributed by atoms with van der Waals surface area (Å²) in [5, 5.41) is 11.2. The summed E-state index contributed by atoms with van der Waals surface area (Å²) in [4.78, 5) is 16.9.